The number of nitrogens with zero attached hydrogens (tertiary/aromatic N) is 1. The van der Waals surface area contributed by atoms with Crippen molar-refractivity contribution in [1.82, 2.24) is 4.31 Å². The van der Waals surface area contributed by atoms with Crippen molar-refractivity contribution in [1.29, 1.82) is 0 Å². The van der Waals surface area contributed by atoms with Crippen molar-refractivity contribution in [2.24, 2.45) is 0 Å². The van der Waals surface area contributed by atoms with Crippen LogP contribution in [-0.2, 0) is 21.2 Å². The van der Waals surface area contributed by atoms with Crippen molar-refractivity contribution < 1.29 is 13.2 Å². The molecule has 0 unspecified atom stereocenters. The highest BCUT2D eigenvalue weighted by molar-refractivity contribution is 7.88. The van der Waals surface area contributed by atoms with Gasteiger partial charge in [-0.05, 0) is 42.7 Å². The number of anilines is 1. The third-order valence-electron chi connectivity index (χ3n) is 3.74. The van der Waals surface area contributed by atoms with Crippen LogP contribution >= 0.6 is 11.6 Å². The van der Waals surface area contributed by atoms with E-state index in [1.165, 1.54) is 4.31 Å². The summed E-state index contributed by atoms with van der Waals surface area (Å²) in [4.78, 5) is 12.3. The van der Waals surface area contributed by atoms with Gasteiger partial charge >= 0.3 is 0 Å². The predicted molar refractivity (Wildman–Crippen MR) is 101 cm³/mol. The van der Waals surface area contributed by atoms with Crippen LogP contribution in [0.15, 0.2) is 48.5 Å². The molecule has 2 aromatic carbocycles. The van der Waals surface area contributed by atoms with E-state index >= 15 is 0 Å². The molecule has 2 aromatic rings. The Morgan fingerprint density at radius 3 is 2.44 bits per heavy atom. The Bertz CT molecular complexity index is 839. The van der Waals surface area contributed by atoms with E-state index in [0.29, 0.717) is 17.1 Å². The van der Waals surface area contributed by atoms with Crippen molar-refractivity contribution in [2.75, 3.05) is 24.7 Å². The minimum Gasteiger partial charge on any atom is -0.325 e. The highest BCUT2D eigenvalue weighted by Crippen LogP contribution is 2.19. The summed E-state index contributed by atoms with van der Waals surface area (Å²) in [5.41, 5.74) is 2.45. The lowest BCUT2D eigenvalue weighted by Gasteiger charge is -2.20. The average Bonchev–Trinajstić information content (AvgIpc) is 2.54. The molecule has 0 aliphatic carbocycles. The molecule has 1 N–H and O–H groups in total. The van der Waals surface area contributed by atoms with Crippen molar-refractivity contribution in [3.63, 3.8) is 0 Å². The number of carbonyl (C=O) groups is 1. The number of rotatable bonds is 7. The number of halogens is 1. The minimum atomic E-state index is -3.49. The molecule has 5 nitrogen and oxygen atoms in total. The molecule has 2 rings (SSSR count). The summed E-state index contributed by atoms with van der Waals surface area (Å²) in [5, 5.41) is 3.31. The lowest BCUT2D eigenvalue weighted by Crippen LogP contribution is -2.38. The summed E-state index contributed by atoms with van der Waals surface area (Å²) in [6, 6.07) is 14.7. The molecule has 0 aliphatic rings. The first kappa shape index (κ1) is 19.4. The molecule has 1 amide bonds. The molecule has 25 heavy (non-hydrogen) atoms. The molecular weight excluding hydrogens is 360 g/mol. The molecule has 0 aliphatic heterocycles. The second-order valence-corrected chi connectivity index (χ2v) is 8.26. The number of hydrogen-bond donors (Lipinski definition) is 1. The van der Waals surface area contributed by atoms with Gasteiger partial charge in [-0.2, -0.15) is 4.31 Å². The predicted octanol–water partition coefficient (Wildman–Crippen LogP) is 3.09. The largest absolute Gasteiger partial charge is 0.325 e. The molecule has 0 heterocycles. The van der Waals surface area contributed by atoms with Gasteiger partial charge in [0.05, 0.1) is 12.8 Å². The first-order chi connectivity index (χ1) is 11.8. The van der Waals surface area contributed by atoms with E-state index in [2.05, 4.69) is 5.32 Å². The van der Waals surface area contributed by atoms with E-state index in [1.807, 2.05) is 37.3 Å². The van der Waals surface area contributed by atoms with Gasteiger partial charge in [-0.1, -0.05) is 41.9 Å². The second kappa shape index (κ2) is 8.47. The van der Waals surface area contributed by atoms with E-state index in [1.54, 1.807) is 18.2 Å². The van der Waals surface area contributed by atoms with Crippen LogP contribution in [0.3, 0.4) is 0 Å². The molecule has 0 aromatic heterocycles. The minimum absolute atomic E-state index is 0.228. The van der Waals surface area contributed by atoms with Crippen LogP contribution in [-0.4, -0.2) is 38.0 Å². The molecule has 0 radical (unpaired) electrons. The van der Waals surface area contributed by atoms with Gasteiger partial charge in [0.2, 0.25) is 15.9 Å². The Labute approximate surface area is 153 Å². The highest BCUT2D eigenvalue weighted by atomic mass is 35.5. The van der Waals surface area contributed by atoms with Crippen LogP contribution < -0.4 is 5.32 Å². The fourth-order valence-corrected chi connectivity index (χ4v) is 3.38. The first-order valence-electron chi connectivity index (χ1n) is 7.81. The second-order valence-electron chi connectivity index (χ2n) is 5.84. The quantitative estimate of drug-likeness (QED) is 0.802. The van der Waals surface area contributed by atoms with Crippen LogP contribution in [0.25, 0.3) is 0 Å². The van der Waals surface area contributed by atoms with Crippen molar-refractivity contribution in [2.45, 2.75) is 13.3 Å². The molecule has 0 bridgehead atoms. The standard InChI is InChI=1S/C18H21ClN2O3S/c1-14-12-16(19)8-9-17(14)20-18(22)13-21(25(2,23)24)11-10-15-6-4-3-5-7-15/h3-9,12H,10-11,13H2,1-2H3,(H,20,22). The molecule has 0 atom stereocenters. The number of amides is 1. The van der Waals surface area contributed by atoms with E-state index < -0.39 is 10.0 Å². The van der Waals surface area contributed by atoms with Crippen LogP contribution in [0.2, 0.25) is 5.02 Å². The highest BCUT2D eigenvalue weighted by Gasteiger charge is 2.20. The topological polar surface area (TPSA) is 66.5 Å². The Kier molecular flexibility index (Phi) is 6.58. The Morgan fingerprint density at radius 1 is 1.16 bits per heavy atom. The van der Waals surface area contributed by atoms with Gasteiger partial charge in [-0.25, -0.2) is 8.42 Å². The number of benzene rings is 2. The Morgan fingerprint density at radius 2 is 1.84 bits per heavy atom. The van der Waals surface area contributed by atoms with Gasteiger partial charge in [0, 0.05) is 17.3 Å². The number of sulfonamides is 1. The van der Waals surface area contributed by atoms with Crippen molar-refractivity contribution in [3.05, 3.63) is 64.7 Å². The Balaban J connectivity index is 2.02. The lowest BCUT2D eigenvalue weighted by molar-refractivity contribution is -0.116. The molecule has 0 spiro atoms. The summed E-state index contributed by atoms with van der Waals surface area (Å²) in [6.45, 7) is 1.84. The fourth-order valence-electron chi connectivity index (χ4n) is 2.38. The SMILES string of the molecule is Cc1cc(Cl)ccc1NC(=O)CN(CCc1ccccc1)S(C)(=O)=O. The number of hydrogen-bond acceptors (Lipinski definition) is 3. The molecule has 0 saturated heterocycles. The van der Waals surface area contributed by atoms with E-state index in [4.69, 9.17) is 11.6 Å². The number of carbonyl (C=O) groups excluding carboxylic acids is 1. The maximum absolute atomic E-state index is 12.3. The normalized spacial score (nSPS) is 11.5. The maximum atomic E-state index is 12.3. The van der Waals surface area contributed by atoms with E-state index in [9.17, 15) is 13.2 Å². The van der Waals surface area contributed by atoms with Gasteiger partial charge in [0.25, 0.3) is 0 Å². The monoisotopic (exact) mass is 380 g/mol. The van der Waals surface area contributed by atoms with E-state index in [0.717, 1.165) is 17.4 Å². The average molecular weight is 381 g/mol. The van der Waals surface area contributed by atoms with E-state index in [-0.39, 0.29) is 19.0 Å². The van der Waals surface area contributed by atoms with Gasteiger partial charge < -0.3 is 5.32 Å². The Hall–Kier alpha value is -1.89. The maximum Gasteiger partial charge on any atom is 0.239 e. The summed E-state index contributed by atoms with van der Waals surface area (Å²) < 4.78 is 25.1. The van der Waals surface area contributed by atoms with Crippen LogP contribution in [0.4, 0.5) is 5.69 Å². The molecule has 0 saturated carbocycles. The zero-order valence-corrected chi connectivity index (χ0v) is 15.8. The fraction of sp³-hybridized carbons (Fsp3) is 0.278. The molecule has 134 valence electrons. The number of aryl methyl sites for hydroxylation is 1. The smallest absolute Gasteiger partial charge is 0.239 e. The summed E-state index contributed by atoms with van der Waals surface area (Å²) >= 11 is 5.90. The van der Waals surface area contributed by atoms with Crippen molar-refractivity contribution >= 4 is 33.2 Å². The van der Waals surface area contributed by atoms with Gasteiger partial charge in [-0.3, -0.25) is 4.79 Å². The van der Waals surface area contributed by atoms with Crippen LogP contribution in [0, 0.1) is 6.92 Å². The molecule has 7 heteroatoms. The summed E-state index contributed by atoms with van der Waals surface area (Å²) in [6.07, 6.45) is 1.65. The zero-order chi connectivity index (χ0) is 18.4. The third-order valence-corrected chi connectivity index (χ3v) is 5.23. The summed E-state index contributed by atoms with van der Waals surface area (Å²) in [5.74, 6) is -0.385. The third kappa shape index (κ3) is 6.16. The van der Waals surface area contributed by atoms with Gasteiger partial charge in [-0.15, -0.1) is 0 Å². The zero-order valence-electron chi connectivity index (χ0n) is 14.2. The molecule has 0 fully saturated rings. The summed E-state index contributed by atoms with van der Waals surface area (Å²) in [7, 11) is -3.49. The first-order valence-corrected chi connectivity index (χ1v) is 10.0. The number of nitrogens with one attached hydrogen (secondary N) is 1. The van der Waals surface area contributed by atoms with Crippen molar-refractivity contribution in [3.8, 4) is 0 Å². The van der Waals surface area contributed by atoms with Gasteiger partial charge in [0.15, 0.2) is 0 Å². The molecular formula is C18H21ClN2O3S. The van der Waals surface area contributed by atoms with Crippen LogP contribution in [0.5, 0.6) is 0 Å². The van der Waals surface area contributed by atoms with Gasteiger partial charge in [0.1, 0.15) is 0 Å². The van der Waals surface area contributed by atoms with Crippen LogP contribution in [0.1, 0.15) is 11.1 Å². The lowest BCUT2D eigenvalue weighted by atomic mass is 10.1.